The Morgan fingerprint density at radius 2 is 2.21 bits per heavy atom. The summed E-state index contributed by atoms with van der Waals surface area (Å²) < 4.78 is 0. The van der Waals surface area contributed by atoms with Crippen LogP contribution in [0.5, 0.6) is 0 Å². The molecule has 0 radical (unpaired) electrons. The van der Waals surface area contributed by atoms with Crippen LogP contribution in [-0.4, -0.2) is 31.4 Å². The van der Waals surface area contributed by atoms with Crippen LogP contribution >= 0.6 is 0 Å². The molecule has 5 heteroatoms. The summed E-state index contributed by atoms with van der Waals surface area (Å²) in [5.41, 5.74) is 1.68. The quantitative estimate of drug-likeness (QED) is 0.860. The molecule has 19 heavy (non-hydrogen) atoms. The van der Waals surface area contributed by atoms with Gasteiger partial charge in [-0.3, -0.25) is 9.59 Å². The summed E-state index contributed by atoms with van der Waals surface area (Å²) in [6.07, 6.45) is 1.33. The Bertz CT molecular complexity index is 474. The average molecular weight is 261 g/mol. The van der Waals surface area contributed by atoms with Gasteiger partial charge in [-0.25, -0.2) is 0 Å². The Hall–Kier alpha value is -2.04. The molecule has 102 valence electrons. The number of para-hydroxylation sites is 2. The van der Waals surface area contributed by atoms with Crippen molar-refractivity contribution in [1.82, 2.24) is 5.32 Å². The molecular formula is C14H19N3O2. The standard InChI is InChI=1S/C14H19N3O2/c1-2-5-13(18)16-11-6-3-4-7-12(11)17-9-8-15-14(19)10-17/h3-4,6-7H,2,5,8-10H2,1H3,(H,15,19)(H,16,18). The van der Waals surface area contributed by atoms with Crippen molar-refractivity contribution in [3.05, 3.63) is 24.3 Å². The van der Waals surface area contributed by atoms with E-state index in [1.165, 1.54) is 0 Å². The van der Waals surface area contributed by atoms with Crippen LogP contribution in [0.2, 0.25) is 0 Å². The second kappa shape index (κ2) is 6.22. The lowest BCUT2D eigenvalue weighted by atomic mass is 10.2. The molecular weight excluding hydrogens is 242 g/mol. The highest BCUT2D eigenvalue weighted by molar-refractivity contribution is 5.95. The topological polar surface area (TPSA) is 61.4 Å². The van der Waals surface area contributed by atoms with Crippen LogP contribution in [0, 0.1) is 0 Å². The van der Waals surface area contributed by atoms with Gasteiger partial charge in [-0.1, -0.05) is 19.1 Å². The highest BCUT2D eigenvalue weighted by atomic mass is 16.2. The van der Waals surface area contributed by atoms with E-state index in [9.17, 15) is 9.59 Å². The molecule has 1 fully saturated rings. The zero-order chi connectivity index (χ0) is 13.7. The molecule has 5 nitrogen and oxygen atoms in total. The SMILES string of the molecule is CCCC(=O)Nc1ccccc1N1CCNC(=O)C1. The maximum atomic E-state index is 11.7. The molecule has 2 amide bonds. The average Bonchev–Trinajstić information content (AvgIpc) is 2.39. The lowest BCUT2D eigenvalue weighted by Gasteiger charge is -2.30. The highest BCUT2D eigenvalue weighted by Crippen LogP contribution is 2.26. The van der Waals surface area contributed by atoms with E-state index in [4.69, 9.17) is 0 Å². The molecule has 0 atom stereocenters. The zero-order valence-corrected chi connectivity index (χ0v) is 11.1. The van der Waals surface area contributed by atoms with Gasteiger partial charge in [-0.15, -0.1) is 0 Å². The summed E-state index contributed by atoms with van der Waals surface area (Å²) in [4.78, 5) is 25.1. The summed E-state index contributed by atoms with van der Waals surface area (Å²) >= 11 is 0. The van der Waals surface area contributed by atoms with E-state index in [1.807, 2.05) is 36.1 Å². The minimum Gasteiger partial charge on any atom is -0.359 e. The first-order valence-corrected chi connectivity index (χ1v) is 6.61. The van der Waals surface area contributed by atoms with E-state index in [0.29, 0.717) is 19.5 Å². The number of piperazine rings is 1. The summed E-state index contributed by atoms with van der Waals surface area (Å²) in [6, 6.07) is 7.60. The van der Waals surface area contributed by atoms with Gasteiger partial charge in [-0.2, -0.15) is 0 Å². The van der Waals surface area contributed by atoms with E-state index in [2.05, 4.69) is 10.6 Å². The summed E-state index contributed by atoms with van der Waals surface area (Å²) in [5.74, 6) is 0.0253. The largest absolute Gasteiger partial charge is 0.359 e. The van der Waals surface area contributed by atoms with Crippen molar-refractivity contribution in [2.24, 2.45) is 0 Å². The highest BCUT2D eigenvalue weighted by Gasteiger charge is 2.19. The number of nitrogens with one attached hydrogen (secondary N) is 2. The fourth-order valence-corrected chi connectivity index (χ4v) is 2.14. The van der Waals surface area contributed by atoms with Gasteiger partial charge < -0.3 is 15.5 Å². The van der Waals surface area contributed by atoms with Crippen LogP contribution < -0.4 is 15.5 Å². The normalized spacial score (nSPS) is 15.0. The van der Waals surface area contributed by atoms with Crippen molar-refractivity contribution in [1.29, 1.82) is 0 Å². The fourth-order valence-electron chi connectivity index (χ4n) is 2.14. The molecule has 1 aliphatic rings. The third-order valence-electron chi connectivity index (χ3n) is 3.03. The van der Waals surface area contributed by atoms with Crippen molar-refractivity contribution in [2.75, 3.05) is 29.9 Å². The molecule has 1 aromatic rings. The van der Waals surface area contributed by atoms with Crippen molar-refractivity contribution in [3.8, 4) is 0 Å². The summed E-state index contributed by atoms with van der Waals surface area (Å²) in [7, 11) is 0. The van der Waals surface area contributed by atoms with Crippen LogP contribution in [0.15, 0.2) is 24.3 Å². The molecule has 0 spiro atoms. The molecule has 1 saturated heterocycles. The molecule has 2 N–H and O–H groups in total. The number of rotatable bonds is 4. The lowest BCUT2D eigenvalue weighted by molar-refractivity contribution is -0.120. The number of carbonyl (C=O) groups excluding carboxylic acids is 2. The molecule has 0 saturated carbocycles. The van der Waals surface area contributed by atoms with Gasteiger partial charge in [0.05, 0.1) is 17.9 Å². The number of amides is 2. The van der Waals surface area contributed by atoms with Gasteiger partial charge in [0.15, 0.2) is 0 Å². The molecule has 0 unspecified atom stereocenters. The van der Waals surface area contributed by atoms with Gasteiger partial charge in [0.1, 0.15) is 0 Å². The summed E-state index contributed by atoms with van der Waals surface area (Å²) in [5, 5.41) is 5.71. The number of hydrogen-bond acceptors (Lipinski definition) is 3. The number of carbonyl (C=O) groups is 2. The smallest absolute Gasteiger partial charge is 0.239 e. The predicted molar refractivity (Wildman–Crippen MR) is 75.2 cm³/mol. The number of hydrogen-bond donors (Lipinski definition) is 2. The minimum absolute atomic E-state index is 0.0106. The predicted octanol–water partition coefficient (Wildman–Crippen LogP) is 1.36. The first kappa shape index (κ1) is 13.4. The van der Waals surface area contributed by atoms with Gasteiger partial charge in [-0.05, 0) is 18.6 Å². The van der Waals surface area contributed by atoms with Crippen LogP contribution in [-0.2, 0) is 9.59 Å². The van der Waals surface area contributed by atoms with Crippen molar-refractivity contribution in [3.63, 3.8) is 0 Å². The van der Waals surface area contributed by atoms with Crippen LogP contribution in [0.3, 0.4) is 0 Å². The van der Waals surface area contributed by atoms with E-state index < -0.39 is 0 Å². The van der Waals surface area contributed by atoms with Crippen molar-refractivity contribution >= 4 is 23.2 Å². The first-order chi connectivity index (χ1) is 9.20. The molecule has 0 aromatic heterocycles. The molecule has 0 aliphatic carbocycles. The molecule has 1 aromatic carbocycles. The first-order valence-electron chi connectivity index (χ1n) is 6.61. The third kappa shape index (κ3) is 3.47. The Labute approximate surface area is 113 Å². The maximum absolute atomic E-state index is 11.7. The Kier molecular flexibility index (Phi) is 4.39. The number of anilines is 2. The Morgan fingerprint density at radius 1 is 1.42 bits per heavy atom. The number of nitrogens with zero attached hydrogens (tertiary/aromatic N) is 1. The monoisotopic (exact) mass is 261 g/mol. The van der Waals surface area contributed by atoms with Crippen LogP contribution in [0.4, 0.5) is 11.4 Å². The second-order valence-electron chi connectivity index (χ2n) is 4.59. The second-order valence-corrected chi connectivity index (χ2v) is 4.59. The van der Waals surface area contributed by atoms with Crippen LogP contribution in [0.25, 0.3) is 0 Å². The molecule has 1 aliphatic heterocycles. The van der Waals surface area contributed by atoms with E-state index >= 15 is 0 Å². The number of benzene rings is 1. The molecule has 1 heterocycles. The zero-order valence-electron chi connectivity index (χ0n) is 11.1. The van der Waals surface area contributed by atoms with E-state index in [0.717, 1.165) is 24.3 Å². The fraction of sp³-hybridized carbons (Fsp3) is 0.429. The van der Waals surface area contributed by atoms with E-state index in [-0.39, 0.29) is 11.8 Å². The van der Waals surface area contributed by atoms with E-state index in [1.54, 1.807) is 0 Å². The Morgan fingerprint density at radius 3 is 2.95 bits per heavy atom. The van der Waals surface area contributed by atoms with Gasteiger partial charge in [0.25, 0.3) is 0 Å². The summed E-state index contributed by atoms with van der Waals surface area (Å²) in [6.45, 7) is 3.70. The van der Waals surface area contributed by atoms with Gasteiger partial charge >= 0.3 is 0 Å². The minimum atomic E-state index is 0.0106. The molecule has 2 rings (SSSR count). The van der Waals surface area contributed by atoms with Gasteiger partial charge in [0.2, 0.25) is 11.8 Å². The Balaban J connectivity index is 2.15. The molecule has 0 bridgehead atoms. The third-order valence-corrected chi connectivity index (χ3v) is 3.03. The van der Waals surface area contributed by atoms with Gasteiger partial charge in [0, 0.05) is 19.5 Å². The lowest BCUT2D eigenvalue weighted by Crippen LogP contribution is -2.47. The van der Waals surface area contributed by atoms with Crippen molar-refractivity contribution in [2.45, 2.75) is 19.8 Å². The van der Waals surface area contributed by atoms with Crippen LogP contribution in [0.1, 0.15) is 19.8 Å². The maximum Gasteiger partial charge on any atom is 0.239 e. The van der Waals surface area contributed by atoms with Crippen molar-refractivity contribution < 1.29 is 9.59 Å².